The van der Waals surface area contributed by atoms with Gasteiger partial charge in [0.2, 0.25) is 0 Å². The van der Waals surface area contributed by atoms with Crippen molar-refractivity contribution in [3.05, 3.63) is 66.7 Å². The molecule has 0 fully saturated rings. The minimum atomic E-state index is 0.148. The summed E-state index contributed by atoms with van der Waals surface area (Å²) in [7, 11) is 0. The Morgan fingerprint density at radius 2 is 1.18 bits per heavy atom. The minimum Gasteiger partial charge on any atom is -0.508 e. The number of phenolic OH excluding ortho intramolecular Hbond substituents is 2. The van der Waals surface area contributed by atoms with Crippen LogP contribution in [0.4, 0.5) is 0 Å². The molecule has 1 heterocycles. The van der Waals surface area contributed by atoms with Gasteiger partial charge in [0.05, 0.1) is 22.9 Å². The normalized spacial score (nSPS) is 11.1. The molecule has 0 radical (unpaired) electrons. The van der Waals surface area contributed by atoms with Gasteiger partial charge < -0.3 is 10.2 Å². The fourth-order valence-corrected chi connectivity index (χ4v) is 2.78. The molecule has 0 saturated heterocycles. The van der Waals surface area contributed by atoms with Gasteiger partial charge in [-0.3, -0.25) is 0 Å². The van der Waals surface area contributed by atoms with E-state index in [1.807, 2.05) is 42.5 Å². The smallest absolute Gasteiger partial charge is 0.365 e. The van der Waals surface area contributed by atoms with Gasteiger partial charge in [0.1, 0.15) is 11.5 Å². The Bertz CT molecular complexity index is 932. The summed E-state index contributed by atoms with van der Waals surface area (Å²) in [5, 5.41) is 21.3. The molecule has 106 valence electrons. The van der Waals surface area contributed by atoms with Gasteiger partial charge in [0.25, 0.3) is 0 Å². The van der Waals surface area contributed by atoms with E-state index in [2.05, 4.69) is 0 Å². The summed E-state index contributed by atoms with van der Waals surface area (Å²) in [6.45, 7) is 0. The van der Waals surface area contributed by atoms with Crippen LogP contribution in [0.1, 0.15) is 0 Å². The largest absolute Gasteiger partial charge is 0.508 e. The summed E-state index contributed by atoms with van der Waals surface area (Å²) in [6.07, 6.45) is 0. The van der Waals surface area contributed by atoms with E-state index in [9.17, 15) is 10.2 Å². The van der Waals surface area contributed by atoms with Crippen LogP contribution in [0.5, 0.6) is 11.5 Å². The van der Waals surface area contributed by atoms with Gasteiger partial charge in [-0.05, 0) is 29.8 Å². The molecule has 4 aromatic rings. The van der Waals surface area contributed by atoms with Crippen molar-refractivity contribution in [3.63, 3.8) is 0 Å². The molecule has 0 saturated carbocycles. The van der Waals surface area contributed by atoms with Crippen LogP contribution in [0.3, 0.4) is 0 Å². The molecule has 1 aromatic heterocycles. The molecule has 0 unspecified atom stereocenters. The highest BCUT2D eigenvalue weighted by Gasteiger charge is 2.20. The van der Waals surface area contributed by atoms with Crippen molar-refractivity contribution in [1.82, 2.24) is 0 Å². The molecule has 0 bridgehead atoms. The van der Waals surface area contributed by atoms with E-state index in [1.54, 1.807) is 24.3 Å². The SMILES string of the molecule is Oc1ccc2c(-c3ccccc3)c3ccc(O)cc3[o+]c2c1. The Balaban J connectivity index is 2.22. The number of rotatable bonds is 1. The van der Waals surface area contributed by atoms with Gasteiger partial charge in [-0.15, -0.1) is 0 Å². The predicted molar refractivity (Wildman–Crippen MR) is 86.9 cm³/mol. The second-order valence-corrected chi connectivity index (χ2v) is 5.20. The van der Waals surface area contributed by atoms with Crippen LogP contribution in [0.25, 0.3) is 33.1 Å². The van der Waals surface area contributed by atoms with Crippen LogP contribution in [-0.4, -0.2) is 10.2 Å². The lowest BCUT2D eigenvalue weighted by atomic mass is 9.97. The van der Waals surface area contributed by atoms with Crippen molar-refractivity contribution in [2.45, 2.75) is 0 Å². The first-order valence-corrected chi connectivity index (χ1v) is 6.99. The van der Waals surface area contributed by atoms with Gasteiger partial charge >= 0.3 is 11.2 Å². The molecule has 4 rings (SSSR count). The maximum atomic E-state index is 9.71. The van der Waals surface area contributed by atoms with E-state index in [0.717, 1.165) is 21.9 Å². The second-order valence-electron chi connectivity index (χ2n) is 5.20. The average Bonchev–Trinajstić information content (AvgIpc) is 2.53. The monoisotopic (exact) mass is 289 g/mol. The highest BCUT2D eigenvalue weighted by Crippen LogP contribution is 2.38. The lowest BCUT2D eigenvalue weighted by molar-refractivity contribution is 0.473. The molecule has 3 aromatic carbocycles. The zero-order chi connectivity index (χ0) is 15.1. The Kier molecular flexibility index (Phi) is 2.73. The van der Waals surface area contributed by atoms with E-state index in [1.165, 1.54) is 0 Å². The first kappa shape index (κ1) is 12.7. The number of phenols is 2. The number of aromatic hydroxyl groups is 2. The Morgan fingerprint density at radius 3 is 1.73 bits per heavy atom. The van der Waals surface area contributed by atoms with Gasteiger partial charge in [-0.2, -0.15) is 0 Å². The van der Waals surface area contributed by atoms with Crippen molar-refractivity contribution < 1.29 is 14.6 Å². The minimum absolute atomic E-state index is 0.148. The fraction of sp³-hybridized carbons (Fsp3) is 0. The van der Waals surface area contributed by atoms with E-state index in [0.29, 0.717) is 11.2 Å². The Morgan fingerprint density at radius 1 is 0.636 bits per heavy atom. The molecule has 2 N–H and O–H groups in total. The molecule has 22 heavy (non-hydrogen) atoms. The topological polar surface area (TPSA) is 51.8 Å². The molecular formula is C19H13O3+. The third-order valence-electron chi connectivity index (χ3n) is 3.75. The molecule has 0 aliphatic carbocycles. The third-order valence-corrected chi connectivity index (χ3v) is 3.75. The van der Waals surface area contributed by atoms with E-state index < -0.39 is 0 Å². The van der Waals surface area contributed by atoms with Crippen LogP contribution < -0.4 is 0 Å². The average molecular weight is 289 g/mol. The van der Waals surface area contributed by atoms with Crippen LogP contribution in [0.15, 0.2) is 71.1 Å². The fourth-order valence-electron chi connectivity index (χ4n) is 2.78. The first-order valence-electron chi connectivity index (χ1n) is 6.99. The number of hydrogen-bond donors (Lipinski definition) is 2. The molecule has 3 heteroatoms. The zero-order valence-electron chi connectivity index (χ0n) is 11.7. The summed E-state index contributed by atoms with van der Waals surface area (Å²) < 4.78 is 5.85. The highest BCUT2D eigenvalue weighted by molar-refractivity contribution is 6.08. The van der Waals surface area contributed by atoms with Gasteiger partial charge in [0, 0.05) is 5.56 Å². The third kappa shape index (κ3) is 1.95. The Labute approximate surface area is 126 Å². The molecule has 0 amide bonds. The van der Waals surface area contributed by atoms with Crippen molar-refractivity contribution in [2.24, 2.45) is 0 Å². The maximum Gasteiger partial charge on any atom is 0.365 e. The molecule has 0 aliphatic rings. The first-order chi connectivity index (χ1) is 10.7. The quantitative estimate of drug-likeness (QED) is 0.385. The van der Waals surface area contributed by atoms with Crippen molar-refractivity contribution in [1.29, 1.82) is 0 Å². The van der Waals surface area contributed by atoms with Crippen molar-refractivity contribution >= 4 is 21.9 Å². The summed E-state index contributed by atoms with van der Waals surface area (Å²) in [4.78, 5) is 0. The van der Waals surface area contributed by atoms with Crippen molar-refractivity contribution in [2.75, 3.05) is 0 Å². The van der Waals surface area contributed by atoms with E-state index >= 15 is 0 Å². The highest BCUT2D eigenvalue weighted by atomic mass is 16.3. The van der Waals surface area contributed by atoms with Crippen LogP contribution in [0.2, 0.25) is 0 Å². The molecule has 0 aliphatic heterocycles. The van der Waals surface area contributed by atoms with E-state index in [4.69, 9.17) is 4.42 Å². The summed E-state index contributed by atoms with van der Waals surface area (Å²) >= 11 is 0. The molecule has 0 spiro atoms. The predicted octanol–water partition coefficient (Wildman–Crippen LogP) is 4.95. The van der Waals surface area contributed by atoms with Crippen molar-refractivity contribution in [3.8, 4) is 22.6 Å². The van der Waals surface area contributed by atoms with E-state index in [-0.39, 0.29) is 11.5 Å². The lowest BCUT2D eigenvalue weighted by Gasteiger charge is -2.05. The van der Waals surface area contributed by atoms with Crippen LogP contribution in [-0.2, 0) is 0 Å². The lowest BCUT2D eigenvalue weighted by Crippen LogP contribution is -1.85. The maximum absolute atomic E-state index is 9.71. The zero-order valence-corrected chi connectivity index (χ0v) is 11.7. The summed E-state index contributed by atoms with van der Waals surface area (Å²) in [5.41, 5.74) is 3.25. The van der Waals surface area contributed by atoms with Crippen LogP contribution >= 0.6 is 0 Å². The standard InChI is InChI=1S/C19H12O3/c20-13-6-8-15-17(10-13)22-18-11-14(21)7-9-16(18)19(15)12-4-2-1-3-5-12/h1-11H,(H-,20,21)/p+1. The van der Waals surface area contributed by atoms with Gasteiger partial charge in [-0.1, -0.05) is 30.3 Å². The van der Waals surface area contributed by atoms with Gasteiger partial charge in [-0.25, -0.2) is 4.42 Å². The molecule has 0 atom stereocenters. The summed E-state index contributed by atoms with van der Waals surface area (Å²) in [6, 6.07) is 20.2. The molecular weight excluding hydrogens is 276 g/mol. The molecule has 3 nitrogen and oxygen atoms in total. The number of hydrogen-bond acceptors (Lipinski definition) is 2. The second kappa shape index (κ2) is 4.74. The number of benzene rings is 3. The summed E-state index contributed by atoms with van der Waals surface area (Å²) in [5.74, 6) is 0.296. The van der Waals surface area contributed by atoms with Gasteiger partial charge in [0.15, 0.2) is 0 Å². The Hall–Kier alpha value is -3.07. The van der Waals surface area contributed by atoms with Crippen LogP contribution in [0, 0.1) is 0 Å². The number of fused-ring (bicyclic) bond motifs is 2.